The van der Waals surface area contributed by atoms with Gasteiger partial charge in [0.15, 0.2) is 0 Å². The predicted octanol–water partition coefficient (Wildman–Crippen LogP) is 8.31. The van der Waals surface area contributed by atoms with E-state index in [0.717, 1.165) is 28.8 Å². The molecule has 0 unspecified atom stereocenters. The fourth-order valence-corrected chi connectivity index (χ4v) is 12.2. The zero-order valence-electron chi connectivity index (χ0n) is 30.0. The van der Waals surface area contributed by atoms with E-state index in [1.165, 1.54) is 38.7 Å². The fourth-order valence-electron chi connectivity index (χ4n) is 6.86. The molecule has 0 aliphatic rings. The molecular formula is C43H48N2O3SSi. The summed E-state index contributed by atoms with van der Waals surface area (Å²) in [6.07, 6.45) is 5.08. The second-order valence-corrected chi connectivity index (χ2v) is 18.7. The van der Waals surface area contributed by atoms with Crippen molar-refractivity contribution in [3.05, 3.63) is 147 Å². The van der Waals surface area contributed by atoms with Gasteiger partial charge in [-0.05, 0) is 91.3 Å². The smallest absolute Gasteiger partial charge is 0.261 e. The van der Waals surface area contributed by atoms with Gasteiger partial charge in [0.25, 0.3) is 14.2 Å². The highest BCUT2D eigenvalue weighted by Crippen LogP contribution is 2.39. The minimum absolute atomic E-state index is 0.117. The molecule has 5 nitrogen and oxygen atoms in total. The summed E-state index contributed by atoms with van der Waals surface area (Å²) in [6, 6.07) is 35.5. The average Bonchev–Trinajstić information content (AvgIpc) is 3.61. The molecule has 258 valence electrons. The molecule has 5 rings (SSSR count). The Morgan fingerprint density at radius 1 is 0.780 bits per heavy atom. The molecule has 2 amide bonds. The molecule has 0 atom stereocenters. The number of hydrogen-bond donors (Lipinski definition) is 2. The Kier molecular flexibility index (Phi) is 12.1. The van der Waals surface area contributed by atoms with Gasteiger partial charge in [-0.1, -0.05) is 120 Å². The summed E-state index contributed by atoms with van der Waals surface area (Å²) < 4.78 is 7.46. The van der Waals surface area contributed by atoms with Gasteiger partial charge in [0.1, 0.15) is 0 Å². The third-order valence-corrected chi connectivity index (χ3v) is 15.3. The van der Waals surface area contributed by atoms with Gasteiger partial charge in [-0.25, -0.2) is 0 Å². The van der Waals surface area contributed by atoms with Crippen molar-refractivity contribution in [2.45, 2.75) is 65.7 Å². The Bertz CT molecular complexity index is 1890. The fraction of sp³-hybridized carbons (Fsp3) is 0.256. The Balaban J connectivity index is 1.42. The highest BCUT2D eigenvalue weighted by Gasteiger charge is 2.50. The van der Waals surface area contributed by atoms with Gasteiger partial charge in [0.2, 0.25) is 5.91 Å². The maximum atomic E-state index is 12.9. The van der Waals surface area contributed by atoms with Crippen LogP contribution in [0.5, 0.6) is 0 Å². The number of benzene rings is 4. The van der Waals surface area contributed by atoms with E-state index in [4.69, 9.17) is 4.43 Å². The molecule has 50 heavy (non-hydrogen) atoms. The number of aryl methyl sites for hydroxylation is 1. The van der Waals surface area contributed by atoms with Crippen molar-refractivity contribution in [2.75, 3.05) is 7.05 Å². The van der Waals surface area contributed by atoms with Gasteiger partial charge < -0.3 is 15.1 Å². The first-order valence-corrected chi connectivity index (χ1v) is 20.1. The molecule has 5 aromatic rings. The summed E-state index contributed by atoms with van der Waals surface area (Å²) in [4.78, 5) is 25.8. The van der Waals surface area contributed by atoms with Crippen molar-refractivity contribution < 1.29 is 14.0 Å². The van der Waals surface area contributed by atoms with E-state index in [1.54, 1.807) is 36.6 Å². The summed E-state index contributed by atoms with van der Waals surface area (Å²) in [5.41, 5.74) is 7.65. The Morgan fingerprint density at radius 3 is 1.98 bits per heavy atom. The monoisotopic (exact) mass is 700 g/mol. The molecule has 0 saturated heterocycles. The molecule has 1 aromatic heterocycles. The number of hydrogen-bond acceptors (Lipinski definition) is 4. The van der Waals surface area contributed by atoms with Gasteiger partial charge in [-0.15, -0.1) is 11.3 Å². The van der Waals surface area contributed by atoms with Gasteiger partial charge in [-0.3, -0.25) is 9.59 Å². The predicted molar refractivity (Wildman–Crippen MR) is 212 cm³/mol. The quantitative estimate of drug-likeness (QED) is 0.0960. The lowest BCUT2D eigenvalue weighted by atomic mass is 9.90. The molecule has 0 aliphatic carbocycles. The lowest BCUT2D eigenvalue weighted by molar-refractivity contribution is -0.116. The molecule has 2 N–H and O–H groups in total. The van der Waals surface area contributed by atoms with E-state index >= 15 is 0 Å². The lowest BCUT2D eigenvalue weighted by Crippen LogP contribution is -2.66. The van der Waals surface area contributed by atoms with Crippen LogP contribution in [0.3, 0.4) is 0 Å². The lowest BCUT2D eigenvalue weighted by Gasteiger charge is -2.43. The van der Waals surface area contributed by atoms with Gasteiger partial charge in [0.05, 0.1) is 13.2 Å². The van der Waals surface area contributed by atoms with Crippen molar-refractivity contribution in [1.29, 1.82) is 0 Å². The van der Waals surface area contributed by atoms with Crippen molar-refractivity contribution in [1.82, 2.24) is 10.6 Å². The maximum absolute atomic E-state index is 12.9. The van der Waals surface area contributed by atoms with Crippen LogP contribution in [0.25, 0.3) is 17.2 Å². The maximum Gasteiger partial charge on any atom is 0.261 e. The first-order chi connectivity index (χ1) is 24.1. The van der Waals surface area contributed by atoms with Gasteiger partial charge in [-0.2, -0.15) is 0 Å². The van der Waals surface area contributed by atoms with Crippen LogP contribution in [0, 0.1) is 0 Å². The molecule has 1 heterocycles. The average molecular weight is 701 g/mol. The molecule has 7 heteroatoms. The van der Waals surface area contributed by atoms with Crippen LogP contribution in [0.1, 0.15) is 72.1 Å². The van der Waals surface area contributed by atoms with Crippen LogP contribution in [0.15, 0.2) is 115 Å². The normalized spacial score (nSPS) is 11.9. The summed E-state index contributed by atoms with van der Waals surface area (Å²) in [6.45, 7) is 12.4. The zero-order valence-corrected chi connectivity index (χ0v) is 31.8. The summed E-state index contributed by atoms with van der Waals surface area (Å²) >= 11 is 1.66. The second kappa shape index (κ2) is 16.4. The minimum atomic E-state index is -2.74. The molecular weight excluding hydrogens is 653 g/mol. The zero-order chi connectivity index (χ0) is 35.7. The van der Waals surface area contributed by atoms with E-state index in [9.17, 15) is 9.59 Å². The van der Waals surface area contributed by atoms with Crippen LogP contribution < -0.4 is 21.0 Å². The number of thiophene rings is 1. The number of nitrogens with one attached hydrogen (secondary N) is 2. The van der Waals surface area contributed by atoms with Crippen LogP contribution >= 0.6 is 11.3 Å². The SMILES string of the molecule is CCc1ccc(-c2ccsc2CNC(=O)C=Cc2ccc(C(=O)NC)cc2)c(CC)c1CO[Si](c1ccccc1)(c1ccccc1)C(C)(C)C. The second-order valence-electron chi connectivity index (χ2n) is 13.4. The first kappa shape index (κ1) is 36.7. The molecule has 0 radical (unpaired) electrons. The number of carbonyl (C=O) groups is 2. The highest BCUT2D eigenvalue weighted by atomic mass is 32.1. The molecule has 0 aliphatic heterocycles. The van der Waals surface area contributed by atoms with Crippen LogP contribution in [-0.2, 0) is 35.2 Å². The van der Waals surface area contributed by atoms with Crippen molar-refractivity contribution in [3.63, 3.8) is 0 Å². The molecule has 0 fully saturated rings. The van der Waals surface area contributed by atoms with E-state index in [2.05, 4.69) is 129 Å². The molecule has 0 spiro atoms. The third kappa shape index (κ3) is 7.91. The standard InChI is InChI=1S/C43H48N2O3SSi/c1-7-32-24-25-37(38-27-28-49-40(38)29-45-41(46)26-21-31-19-22-33(23-20-31)42(47)44-6)36(8-2)39(32)30-48-50(43(3,4)5,34-15-11-9-12-16-34)35-17-13-10-14-18-35/h9-28H,7-8,29-30H2,1-6H3,(H,44,47)(H,45,46). The van der Waals surface area contributed by atoms with Gasteiger partial charge in [0, 0.05) is 23.6 Å². The highest BCUT2D eigenvalue weighted by molar-refractivity contribution is 7.10. The summed E-state index contributed by atoms with van der Waals surface area (Å²) in [7, 11) is -1.13. The number of carbonyl (C=O) groups excluding carboxylic acids is 2. The van der Waals surface area contributed by atoms with Crippen LogP contribution in [0.4, 0.5) is 0 Å². The first-order valence-electron chi connectivity index (χ1n) is 17.4. The number of rotatable bonds is 13. The molecule has 4 aromatic carbocycles. The number of amides is 2. The Morgan fingerprint density at radius 2 is 1.42 bits per heavy atom. The van der Waals surface area contributed by atoms with Crippen LogP contribution in [-0.4, -0.2) is 27.2 Å². The largest absolute Gasteiger partial charge is 0.403 e. The van der Waals surface area contributed by atoms with E-state index in [1.807, 2.05) is 12.1 Å². The molecule has 0 bridgehead atoms. The van der Waals surface area contributed by atoms with Gasteiger partial charge >= 0.3 is 0 Å². The van der Waals surface area contributed by atoms with Crippen molar-refractivity contribution >= 4 is 47.9 Å². The van der Waals surface area contributed by atoms with Crippen molar-refractivity contribution in [2.24, 2.45) is 0 Å². The summed E-state index contributed by atoms with van der Waals surface area (Å²) in [5, 5.41) is 10.2. The van der Waals surface area contributed by atoms with Crippen molar-refractivity contribution in [3.8, 4) is 11.1 Å². The van der Waals surface area contributed by atoms with E-state index in [-0.39, 0.29) is 16.9 Å². The topological polar surface area (TPSA) is 67.4 Å². The van der Waals surface area contributed by atoms with Crippen LogP contribution in [0.2, 0.25) is 5.04 Å². The van der Waals surface area contributed by atoms with E-state index < -0.39 is 8.32 Å². The third-order valence-electron chi connectivity index (χ3n) is 9.40. The summed E-state index contributed by atoms with van der Waals surface area (Å²) in [5.74, 6) is -0.310. The Labute approximate surface area is 302 Å². The Hall–Kier alpha value is -4.56. The minimum Gasteiger partial charge on any atom is -0.403 e. The molecule has 0 saturated carbocycles. The van der Waals surface area contributed by atoms with E-state index in [0.29, 0.717) is 18.7 Å².